The summed E-state index contributed by atoms with van der Waals surface area (Å²) in [6, 6.07) is 3.83. The van der Waals surface area contributed by atoms with Crippen molar-refractivity contribution in [3.05, 3.63) is 47.0 Å². The standard InChI is InChI=1S/C16H18N2O4/c1-3-21-16(20)13-6-10-4-9(2)5-11(15(10)22-13)14(19)12-7-17-8-18-12/h4-5,7-8,13-14,19H,3,6H2,1-2H3,(H,17,18). The summed E-state index contributed by atoms with van der Waals surface area (Å²) in [6.07, 6.45) is 2.01. The van der Waals surface area contributed by atoms with Gasteiger partial charge in [0.15, 0.2) is 6.10 Å². The minimum absolute atomic E-state index is 0.317. The van der Waals surface area contributed by atoms with E-state index in [1.165, 1.54) is 6.33 Å². The smallest absolute Gasteiger partial charge is 0.347 e. The van der Waals surface area contributed by atoms with Crippen molar-refractivity contribution in [3.8, 4) is 5.75 Å². The van der Waals surface area contributed by atoms with Crippen molar-refractivity contribution in [3.63, 3.8) is 0 Å². The van der Waals surface area contributed by atoms with Crippen LogP contribution >= 0.6 is 0 Å². The van der Waals surface area contributed by atoms with Crippen LogP contribution in [0, 0.1) is 6.92 Å². The number of hydrogen-bond donors (Lipinski definition) is 2. The molecule has 6 nitrogen and oxygen atoms in total. The van der Waals surface area contributed by atoms with E-state index >= 15 is 0 Å². The first-order valence-electron chi connectivity index (χ1n) is 7.23. The van der Waals surface area contributed by atoms with Gasteiger partial charge in [0.2, 0.25) is 0 Å². The maximum Gasteiger partial charge on any atom is 0.347 e. The van der Waals surface area contributed by atoms with Gasteiger partial charge < -0.3 is 19.6 Å². The molecule has 0 radical (unpaired) electrons. The minimum atomic E-state index is -0.878. The summed E-state index contributed by atoms with van der Waals surface area (Å²) in [5.41, 5.74) is 3.12. The van der Waals surface area contributed by atoms with Gasteiger partial charge in [0, 0.05) is 12.0 Å². The van der Waals surface area contributed by atoms with Gasteiger partial charge in [-0.05, 0) is 25.5 Å². The Balaban J connectivity index is 1.94. The number of esters is 1. The number of carbonyl (C=O) groups excluding carboxylic acids is 1. The summed E-state index contributed by atoms with van der Waals surface area (Å²) in [7, 11) is 0. The zero-order valence-electron chi connectivity index (χ0n) is 12.5. The summed E-state index contributed by atoms with van der Waals surface area (Å²) in [5, 5.41) is 10.5. The Kier molecular flexibility index (Phi) is 3.85. The molecule has 6 heteroatoms. The van der Waals surface area contributed by atoms with Crippen molar-refractivity contribution >= 4 is 5.97 Å². The molecule has 0 bridgehead atoms. The number of ether oxygens (including phenoxy) is 2. The first kappa shape index (κ1) is 14.6. The average molecular weight is 302 g/mol. The molecule has 2 unspecified atom stereocenters. The lowest BCUT2D eigenvalue weighted by atomic mass is 9.98. The second-order valence-electron chi connectivity index (χ2n) is 5.31. The third-order valence-electron chi connectivity index (χ3n) is 3.66. The molecule has 2 N–H and O–H groups in total. The van der Waals surface area contributed by atoms with Crippen LogP contribution in [0.25, 0.3) is 0 Å². The lowest BCUT2D eigenvalue weighted by Crippen LogP contribution is -2.27. The van der Waals surface area contributed by atoms with Gasteiger partial charge in [0.25, 0.3) is 0 Å². The molecule has 0 saturated carbocycles. The van der Waals surface area contributed by atoms with Gasteiger partial charge >= 0.3 is 5.97 Å². The van der Waals surface area contributed by atoms with Gasteiger partial charge in [-0.15, -0.1) is 0 Å². The molecular formula is C16H18N2O4. The van der Waals surface area contributed by atoms with Crippen LogP contribution in [0.4, 0.5) is 0 Å². The van der Waals surface area contributed by atoms with Crippen LogP contribution < -0.4 is 4.74 Å². The van der Waals surface area contributed by atoms with Crippen molar-refractivity contribution in [1.29, 1.82) is 0 Å². The van der Waals surface area contributed by atoms with Gasteiger partial charge in [-0.2, -0.15) is 0 Å². The number of aryl methyl sites for hydroxylation is 1. The van der Waals surface area contributed by atoms with Crippen LogP contribution in [0.1, 0.15) is 35.4 Å². The normalized spacial score (nSPS) is 17.7. The Morgan fingerprint density at radius 1 is 1.59 bits per heavy atom. The number of imidazole rings is 1. The number of H-pyrrole nitrogens is 1. The molecule has 1 aliphatic heterocycles. The molecule has 0 saturated heterocycles. The summed E-state index contributed by atoms with van der Waals surface area (Å²) in [4.78, 5) is 18.7. The van der Waals surface area contributed by atoms with E-state index < -0.39 is 12.2 Å². The highest BCUT2D eigenvalue weighted by molar-refractivity contribution is 5.77. The van der Waals surface area contributed by atoms with Crippen LogP contribution in [0.2, 0.25) is 0 Å². The van der Waals surface area contributed by atoms with Gasteiger partial charge in [-0.3, -0.25) is 0 Å². The van der Waals surface area contributed by atoms with E-state index in [2.05, 4.69) is 9.97 Å². The lowest BCUT2D eigenvalue weighted by Gasteiger charge is -2.15. The molecule has 0 aliphatic carbocycles. The van der Waals surface area contributed by atoms with Crippen LogP contribution in [0.15, 0.2) is 24.7 Å². The van der Waals surface area contributed by atoms with Crippen LogP contribution in [-0.2, 0) is 16.0 Å². The first-order chi connectivity index (χ1) is 10.6. The molecule has 2 heterocycles. The molecule has 2 atom stereocenters. The predicted octanol–water partition coefficient (Wildman–Crippen LogP) is 1.67. The molecule has 2 aromatic rings. The highest BCUT2D eigenvalue weighted by Gasteiger charge is 2.34. The highest BCUT2D eigenvalue weighted by Crippen LogP contribution is 2.38. The van der Waals surface area contributed by atoms with Gasteiger partial charge in [-0.25, -0.2) is 9.78 Å². The molecule has 1 aromatic heterocycles. The number of fused-ring (bicyclic) bond motifs is 1. The fraction of sp³-hybridized carbons (Fsp3) is 0.375. The Hall–Kier alpha value is -2.34. The van der Waals surface area contributed by atoms with E-state index in [1.807, 2.05) is 19.1 Å². The SMILES string of the molecule is CCOC(=O)C1Cc2cc(C)cc(C(O)c3cnc[nH]3)c2O1. The van der Waals surface area contributed by atoms with Crippen LogP contribution in [0.5, 0.6) is 5.75 Å². The minimum Gasteiger partial charge on any atom is -0.478 e. The molecule has 0 fully saturated rings. The maximum absolute atomic E-state index is 11.9. The zero-order valence-corrected chi connectivity index (χ0v) is 12.5. The molecule has 1 aliphatic rings. The van der Waals surface area contributed by atoms with Crippen molar-refractivity contribution in [2.45, 2.75) is 32.5 Å². The third kappa shape index (κ3) is 2.57. The monoisotopic (exact) mass is 302 g/mol. The number of aliphatic hydroxyl groups excluding tert-OH is 1. The summed E-state index contributed by atoms with van der Waals surface area (Å²) in [6.45, 7) is 4.02. The Morgan fingerprint density at radius 2 is 2.41 bits per heavy atom. The number of aliphatic hydroxyl groups is 1. The number of benzene rings is 1. The number of carbonyl (C=O) groups is 1. The molecule has 22 heavy (non-hydrogen) atoms. The fourth-order valence-electron chi connectivity index (χ4n) is 2.71. The summed E-state index contributed by atoms with van der Waals surface area (Å²) >= 11 is 0. The molecule has 116 valence electrons. The predicted molar refractivity (Wildman–Crippen MR) is 78.6 cm³/mol. The van der Waals surface area contributed by atoms with E-state index in [0.29, 0.717) is 30.0 Å². The van der Waals surface area contributed by atoms with Crippen LogP contribution in [-0.4, -0.2) is 33.8 Å². The zero-order chi connectivity index (χ0) is 15.7. The van der Waals surface area contributed by atoms with Crippen LogP contribution in [0.3, 0.4) is 0 Å². The summed E-state index contributed by atoms with van der Waals surface area (Å²) < 4.78 is 10.8. The summed E-state index contributed by atoms with van der Waals surface area (Å²) in [5.74, 6) is 0.184. The molecule has 0 amide bonds. The lowest BCUT2D eigenvalue weighted by molar-refractivity contribution is -0.150. The molecule has 1 aromatic carbocycles. The van der Waals surface area contributed by atoms with E-state index in [1.54, 1.807) is 13.1 Å². The van der Waals surface area contributed by atoms with Crippen molar-refractivity contribution in [1.82, 2.24) is 9.97 Å². The van der Waals surface area contributed by atoms with E-state index in [9.17, 15) is 9.90 Å². The van der Waals surface area contributed by atoms with Gasteiger partial charge in [-0.1, -0.05) is 11.6 Å². The van der Waals surface area contributed by atoms with E-state index in [-0.39, 0.29) is 5.97 Å². The van der Waals surface area contributed by atoms with Crippen molar-refractivity contribution in [2.75, 3.05) is 6.61 Å². The van der Waals surface area contributed by atoms with Crippen molar-refractivity contribution in [2.24, 2.45) is 0 Å². The fourth-order valence-corrected chi connectivity index (χ4v) is 2.71. The molecule has 0 spiro atoms. The quantitative estimate of drug-likeness (QED) is 0.839. The van der Waals surface area contributed by atoms with Gasteiger partial charge in [0.05, 0.1) is 24.8 Å². The second-order valence-corrected chi connectivity index (χ2v) is 5.31. The number of rotatable bonds is 4. The third-order valence-corrected chi connectivity index (χ3v) is 3.66. The van der Waals surface area contributed by atoms with E-state index in [0.717, 1.165) is 11.1 Å². The largest absolute Gasteiger partial charge is 0.478 e. The topological polar surface area (TPSA) is 84.4 Å². The van der Waals surface area contributed by atoms with Gasteiger partial charge in [0.1, 0.15) is 11.9 Å². The first-order valence-corrected chi connectivity index (χ1v) is 7.23. The van der Waals surface area contributed by atoms with Crippen molar-refractivity contribution < 1.29 is 19.4 Å². The Labute approximate surface area is 128 Å². The number of hydrogen-bond acceptors (Lipinski definition) is 5. The Morgan fingerprint density at radius 3 is 3.09 bits per heavy atom. The molecular weight excluding hydrogens is 284 g/mol. The van der Waals surface area contributed by atoms with E-state index in [4.69, 9.17) is 9.47 Å². The second kappa shape index (κ2) is 5.81. The number of nitrogens with one attached hydrogen (secondary N) is 1. The number of nitrogens with zero attached hydrogens (tertiary/aromatic N) is 1. The number of aromatic amines is 1. The highest BCUT2D eigenvalue weighted by atomic mass is 16.6. The average Bonchev–Trinajstić information content (AvgIpc) is 3.14. The number of aromatic nitrogens is 2. The maximum atomic E-state index is 11.9. The Bertz CT molecular complexity index is 682. The molecule has 3 rings (SSSR count).